The lowest BCUT2D eigenvalue weighted by atomic mass is 10.1. The van der Waals surface area contributed by atoms with Crippen molar-refractivity contribution >= 4 is 11.6 Å². The molecule has 1 aliphatic rings. The molecule has 0 unspecified atom stereocenters. The Morgan fingerprint density at radius 2 is 1.00 bits per heavy atom. The highest BCUT2D eigenvalue weighted by atomic mass is 16.1. The monoisotopic (exact) mass is 288 g/mol. The summed E-state index contributed by atoms with van der Waals surface area (Å²) < 4.78 is 1.70. The van der Waals surface area contributed by atoms with E-state index in [0.717, 1.165) is 35.1 Å². The Hall–Kier alpha value is -0.740. The van der Waals surface area contributed by atoms with Gasteiger partial charge in [-0.2, -0.15) is 0 Å². The summed E-state index contributed by atoms with van der Waals surface area (Å²) in [7, 11) is 4.33. The van der Waals surface area contributed by atoms with Crippen LogP contribution in [0.2, 0.25) is 0 Å². The van der Waals surface area contributed by atoms with Gasteiger partial charge in [0.25, 0.3) is 0 Å². The maximum atomic E-state index is 11.6. The first-order valence-electron chi connectivity index (χ1n) is 7.03. The molecule has 0 aromatic heterocycles. The van der Waals surface area contributed by atoms with Crippen molar-refractivity contribution in [2.45, 2.75) is 41.5 Å². The summed E-state index contributed by atoms with van der Waals surface area (Å²) in [5.74, 6) is 0.691. The lowest BCUT2D eigenvalue weighted by Gasteiger charge is -2.45. The second kappa shape index (κ2) is 8.53. The van der Waals surface area contributed by atoms with Crippen LogP contribution in [-0.4, -0.2) is 73.9 Å². The first kappa shape index (κ1) is 21.6. The maximum Gasteiger partial charge on any atom is 0.186 e. The SMILES string of the molecule is C.C.CCC(=O)C[N+]1(C)CC[N+](C)(CC(=O)CC)CC1. The fourth-order valence-electron chi connectivity index (χ4n) is 2.58. The molecule has 1 heterocycles. The van der Waals surface area contributed by atoms with E-state index in [9.17, 15) is 9.59 Å². The summed E-state index contributed by atoms with van der Waals surface area (Å²) in [6.07, 6.45) is 1.27. The van der Waals surface area contributed by atoms with Gasteiger partial charge in [-0.05, 0) is 0 Å². The van der Waals surface area contributed by atoms with Gasteiger partial charge in [0.15, 0.2) is 11.6 Å². The summed E-state index contributed by atoms with van der Waals surface area (Å²) >= 11 is 0. The number of hydrogen-bond acceptors (Lipinski definition) is 2. The quantitative estimate of drug-likeness (QED) is 0.702. The first-order valence-corrected chi connectivity index (χ1v) is 7.03. The smallest absolute Gasteiger partial charge is 0.186 e. The average Bonchev–Trinajstić information content (AvgIpc) is 2.33. The molecular formula is C16H36N2O2+2. The van der Waals surface area contributed by atoms with Gasteiger partial charge in [0.05, 0.1) is 14.1 Å². The van der Waals surface area contributed by atoms with Gasteiger partial charge in [-0.3, -0.25) is 9.59 Å². The zero-order valence-corrected chi connectivity index (χ0v) is 12.4. The highest BCUT2D eigenvalue weighted by Crippen LogP contribution is 2.16. The number of Topliss-reactive ketones (excluding diaryl/α,β-unsaturated/α-hetero) is 2. The van der Waals surface area contributed by atoms with Crippen LogP contribution < -0.4 is 0 Å². The number of hydrogen-bond donors (Lipinski definition) is 0. The van der Waals surface area contributed by atoms with Crippen molar-refractivity contribution in [2.75, 3.05) is 53.4 Å². The van der Waals surface area contributed by atoms with Crippen molar-refractivity contribution in [2.24, 2.45) is 0 Å². The average molecular weight is 288 g/mol. The fraction of sp³-hybridized carbons (Fsp3) is 0.875. The number of rotatable bonds is 6. The largest absolute Gasteiger partial charge is 0.311 e. The number of likely N-dealkylation sites (N-methyl/N-ethyl adjacent to an activating group) is 2. The van der Waals surface area contributed by atoms with Crippen LogP contribution in [-0.2, 0) is 9.59 Å². The van der Waals surface area contributed by atoms with Gasteiger partial charge in [0, 0.05) is 12.8 Å². The summed E-state index contributed by atoms with van der Waals surface area (Å²) in [5, 5.41) is 0. The number of carbonyl (C=O) groups excluding carboxylic acids is 2. The highest BCUT2D eigenvalue weighted by Gasteiger charge is 2.38. The lowest BCUT2D eigenvalue weighted by molar-refractivity contribution is -1.01. The van der Waals surface area contributed by atoms with E-state index < -0.39 is 0 Å². The Morgan fingerprint density at radius 3 is 1.20 bits per heavy atom. The van der Waals surface area contributed by atoms with E-state index >= 15 is 0 Å². The van der Waals surface area contributed by atoms with Crippen LogP contribution in [0.5, 0.6) is 0 Å². The van der Waals surface area contributed by atoms with E-state index in [1.165, 1.54) is 0 Å². The summed E-state index contributed by atoms with van der Waals surface area (Å²) in [6, 6.07) is 0. The van der Waals surface area contributed by atoms with E-state index in [1.807, 2.05) is 13.8 Å². The zero-order chi connectivity index (χ0) is 13.8. The topological polar surface area (TPSA) is 34.1 Å². The Bertz CT molecular complexity index is 286. The summed E-state index contributed by atoms with van der Waals surface area (Å²) in [6.45, 7) is 9.16. The van der Waals surface area contributed by atoms with Crippen molar-refractivity contribution in [3.8, 4) is 0 Å². The van der Waals surface area contributed by atoms with E-state index in [2.05, 4.69) is 14.1 Å². The van der Waals surface area contributed by atoms with Gasteiger partial charge in [0.1, 0.15) is 39.3 Å². The molecule has 120 valence electrons. The van der Waals surface area contributed by atoms with E-state index in [-0.39, 0.29) is 14.9 Å². The van der Waals surface area contributed by atoms with E-state index in [4.69, 9.17) is 0 Å². The second-order valence-corrected chi connectivity index (χ2v) is 6.23. The molecule has 0 aromatic rings. The molecule has 20 heavy (non-hydrogen) atoms. The van der Waals surface area contributed by atoms with Gasteiger partial charge in [-0.15, -0.1) is 0 Å². The molecule has 1 fully saturated rings. The molecule has 0 bridgehead atoms. The van der Waals surface area contributed by atoms with Gasteiger partial charge in [-0.25, -0.2) is 0 Å². The van der Waals surface area contributed by atoms with Crippen LogP contribution in [0, 0.1) is 0 Å². The molecule has 0 aromatic carbocycles. The number of piperazine rings is 1. The van der Waals surface area contributed by atoms with Crippen LogP contribution >= 0.6 is 0 Å². The molecule has 1 aliphatic heterocycles. The molecule has 0 N–H and O–H groups in total. The van der Waals surface area contributed by atoms with Crippen LogP contribution in [0.4, 0.5) is 0 Å². The van der Waals surface area contributed by atoms with Gasteiger partial charge >= 0.3 is 0 Å². The standard InChI is InChI=1S/C14H28N2O2.2CH4/c1-5-13(17)11-15(3)7-9-16(4,10-8-15)12-14(18)6-2;;/h5-12H2,1-4H3;2*1H4/q+2;;. The van der Waals surface area contributed by atoms with Crippen molar-refractivity contribution in [3.05, 3.63) is 0 Å². The minimum atomic E-state index is 0. The number of nitrogens with zero attached hydrogens (tertiary/aromatic N) is 2. The van der Waals surface area contributed by atoms with Gasteiger partial charge in [0.2, 0.25) is 0 Å². The predicted molar refractivity (Wildman–Crippen MR) is 85.6 cm³/mol. The van der Waals surface area contributed by atoms with E-state index in [0.29, 0.717) is 37.5 Å². The van der Waals surface area contributed by atoms with Crippen LogP contribution in [0.25, 0.3) is 0 Å². The minimum Gasteiger partial charge on any atom is -0.311 e. The minimum absolute atomic E-state index is 0. The third-order valence-corrected chi connectivity index (χ3v) is 4.26. The normalized spacial score (nSPS) is 29.0. The Labute approximate surface area is 125 Å². The third kappa shape index (κ3) is 6.14. The molecule has 0 radical (unpaired) electrons. The van der Waals surface area contributed by atoms with Crippen molar-refractivity contribution < 1.29 is 18.6 Å². The van der Waals surface area contributed by atoms with Crippen LogP contribution in [0.3, 0.4) is 0 Å². The van der Waals surface area contributed by atoms with Gasteiger partial charge in [-0.1, -0.05) is 28.7 Å². The molecule has 0 saturated carbocycles. The van der Waals surface area contributed by atoms with Crippen molar-refractivity contribution in [1.29, 1.82) is 0 Å². The molecule has 4 heteroatoms. The highest BCUT2D eigenvalue weighted by molar-refractivity contribution is 5.79. The van der Waals surface area contributed by atoms with Crippen molar-refractivity contribution in [3.63, 3.8) is 0 Å². The Morgan fingerprint density at radius 1 is 0.750 bits per heavy atom. The number of quaternary nitrogens is 2. The van der Waals surface area contributed by atoms with Crippen LogP contribution in [0.1, 0.15) is 41.5 Å². The number of carbonyl (C=O) groups is 2. The molecule has 0 aliphatic carbocycles. The summed E-state index contributed by atoms with van der Waals surface area (Å²) in [4.78, 5) is 23.2. The maximum absolute atomic E-state index is 11.6. The predicted octanol–water partition coefficient (Wildman–Crippen LogP) is 2.12. The molecule has 0 spiro atoms. The Balaban J connectivity index is 0. The number of ketones is 2. The fourth-order valence-corrected chi connectivity index (χ4v) is 2.58. The third-order valence-electron chi connectivity index (χ3n) is 4.26. The molecule has 1 saturated heterocycles. The second-order valence-electron chi connectivity index (χ2n) is 6.23. The zero-order valence-electron chi connectivity index (χ0n) is 12.4. The molecule has 0 amide bonds. The summed E-state index contributed by atoms with van der Waals surface area (Å²) in [5.41, 5.74) is 0. The van der Waals surface area contributed by atoms with Crippen LogP contribution in [0.15, 0.2) is 0 Å². The van der Waals surface area contributed by atoms with Gasteiger partial charge < -0.3 is 8.97 Å². The van der Waals surface area contributed by atoms with E-state index in [1.54, 1.807) is 0 Å². The molecular weight excluding hydrogens is 252 g/mol. The molecule has 1 rings (SSSR count). The first-order chi connectivity index (χ1) is 8.32. The Kier molecular flexibility index (Phi) is 9.19. The molecule has 0 atom stereocenters. The lowest BCUT2D eigenvalue weighted by Crippen LogP contribution is -2.65. The molecule has 4 nitrogen and oxygen atoms in total. The van der Waals surface area contributed by atoms with Crippen molar-refractivity contribution in [1.82, 2.24) is 0 Å².